The van der Waals surface area contributed by atoms with Crippen LogP contribution in [-0.4, -0.2) is 24.3 Å². The van der Waals surface area contributed by atoms with E-state index in [0.29, 0.717) is 6.61 Å². The van der Waals surface area contributed by atoms with E-state index in [0.717, 1.165) is 37.2 Å². The first-order valence-corrected chi connectivity index (χ1v) is 7.49. The number of nitrogens with one attached hydrogen (secondary N) is 1. The molecule has 5 nitrogen and oxygen atoms in total. The Morgan fingerprint density at radius 1 is 1.50 bits per heavy atom. The van der Waals surface area contributed by atoms with Crippen molar-refractivity contribution >= 4 is 0 Å². The van der Waals surface area contributed by atoms with Gasteiger partial charge in [0.15, 0.2) is 0 Å². The van der Waals surface area contributed by atoms with Crippen LogP contribution in [0.25, 0.3) is 0 Å². The van der Waals surface area contributed by atoms with E-state index in [1.54, 1.807) is 6.20 Å². The number of hydrogen-bond donors (Lipinski definition) is 2. The molecule has 2 heterocycles. The number of ether oxygens (including phenoxy) is 2. The molecule has 1 aliphatic heterocycles. The van der Waals surface area contributed by atoms with Gasteiger partial charge in [-0.2, -0.15) is 0 Å². The van der Waals surface area contributed by atoms with E-state index < -0.39 is 0 Å². The van der Waals surface area contributed by atoms with Crippen LogP contribution in [0.15, 0.2) is 18.5 Å². The second kappa shape index (κ2) is 8.19. The van der Waals surface area contributed by atoms with Gasteiger partial charge in [0.25, 0.3) is 0 Å². The van der Waals surface area contributed by atoms with Gasteiger partial charge < -0.3 is 9.47 Å². The van der Waals surface area contributed by atoms with E-state index >= 15 is 0 Å². The number of nitrogens with zero attached hydrogens (tertiary/aromatic N) is 1. The Morgan fingerprint density at radius 2 is 2.40 bits per heavy atom. The summed E-state index contributed by atoms with van der Waals surface area (Å²) >= 11 is 0. The maximum Gasteiger partial charge on any atom is 0.137 e. The summed E-state index contributed by atoms with van der Waals surface area (Å²) in [6.45, 7) is 3.65. The Balaban J connectivity index is 1.98. The van der Waals surface area contributed by atoms with Crippen LogP contribution in [-0.2, 0) is 4.74 Å². The lowest BCUT2D eigenvalue weighted by Gasteiger charge is -2.26. The lowest BCUT2D eigenvalue weighted by molar-refractivity contribution is 0.00499. The standard InChI is InChI=1S/C15H25N3O2/c1-2-6-19-14-8-12(10-17-11-14)15(18-16)9-13-5-3-4-7-20-13/h8,10-11,13,15,18H,2-7,9,16H2,1H3. The Labute approximate surface area is 120 Å². The van der Waals surface area contributed by atoms with Crippen molar-refractivity contribution in [2.75, 3.05) is 13.2 Å². The first kappa shape index (κ1) is 15.2. The normalized spacial score (nSPS) is 20.6. The number of hydrogen-bond acceptors (Lipinski definition) is 5. The minimum Gasteiger partial charge on any atom is -0.492 e. The molecule has 1 aromatic heterocycles. The topological polar surface area (TPSA) is 69.4 Å². The Hall–Kier alpha value is -1.17. The van der Waals surface area contributed by atoms with Gasteiger partial charge >= 0.3 is 0 Å². The highest BCUT2D eigenvalue weighted by atomic mass is 16.5. The van der Waals surface area contributed by atoms with Crippen LogP contribution in [0.1, 0.15) is 50.6 Å². The minimum absolute atomic E-state index is 0.0516. The van der Waals surface area contributed by atoms with E-state index in [-0.39, 0.29) is 12.1 Å². The third-order valence-corrected chi connectivity index (χ3v) is 3.58. The smallest absolute Gasteiger partial charge is 0.137 e. The molecule has 0 bridgehead atoms. The molecule has 112 valence electrons. The Kier molecular flexibility index (Phi) is 6.24. The quantitative estimate of drug-likeness (QED) is 0.592. The third-order valence-electron chi connectivity index (χ3n) is 3.58. The molecule has 2 unspecified atom stereocenters. The summed E-state index contributed by atoms with van der Waals surface area (Å²) in [6.07, 6.45) is 9.23. The molecule has 1 aliphatic rings. The van der Waals surface area contributed by atoms with Gasteiger partial charge in [0, 0.05) is 12.8 Å². The monoisotopic (exact) mass is 279 g/mol. The summed E-state index contributed by atoms with van der Waals surface area (Å²) < 4.78 is 11.4. The summed E-state index contributed by atoms with van der Waals surface area (Å²) in [5.74, 6) is 6.50. The van der Waals surface area contributed by atoms with Crippen molar-refractivity contribution in [3.63, 3.8) is 0 Å². The summed E-state index contributed by atoms with van der Waals surface area (Å²) in [5.41, 5.74) is 3.92. The fraction of sp³-hybridized carbons (Fsp3) is 0.667. The minimum atomic E-state index is 0.0516. The number of aromatic nitrogens is 1. The van der Waals surface area contributed by atoms with Gasteiger partial charge in [-0.1, -0.05) is 6.92 Å². The van der Waals surface area contributed by atoms with Crippen LogP contribution >= 0.6 is 0 Å². The molecular formula is C15H25N3O2. The molecule has 0 amide bonds. The van der Waals surface area contributed by atoms with Crippen LogP contribution in [0.5, 0.6) is 5.75 Å². The molecule has 1 saturated heterocycles. The molecule has 1 aromatic rings. The van der Waals surface area contributed by atoms with Crippen LogP contribution in [0.2, 0.25) is 0 Å². The molecule has 0 spiro atoms. The van der Waals surface area contributed by atoms with Crippen molar-refractivity contribution in [3.05, 3.63) is 24.0 Å². The SMILES string of the molecule is CCCOc1cncc(C(CC2CCCCO2)NN)c1. The molecule has 0 aliphatic carbocycles. The second-order valence-electron chi connectivity index (χ2n) is 5.25. The second-order valence-corrected chi connectivity index (χ2v) is 5.25. The van der Waals surface area contributed by atoms with Crippen LogP contribution in [0.4, 0.5) is 0 Å². The lowest BCUT2D eigenvalue weighted by atomic mass is 9.98. The van der Waals surface area contributed by atoms with Gasteiger partial charge in [-0.15, -0.1) is 0 Å². The van der Waals surface area contributed by atoms with Crippen molar-refractivity contribution in [2.45, 2.75) is 51.2 Å². The fourth-order valence-electron chi connectivity index (χ4n) is 2.48. The van der Waals surface area contributed by atoms with E-state index in [4.69, 9.17) is 15.3 Å². The summed E-state index contributed by atoms with van der Waals surface area (Å²) in [4.78, 5) is 4.24. The zero-order valence-electron chi connectivity index (χ0n) is 12.2. The lowest BCUT2D eigenvalue weighted by Crippen LogP contribution is -2.33. The molecule has 5 heteroatoms. The molecule has 3 N–H and O–H groups in total. The molecule has 0 aromatic carbocycles. The highest BCUT2D eigenvalue weighted by Crippen LogP contribution is 2.25. The van der Waals surface area contributed by atoms with Gasteiger partial charge in [0.1, 0.15) is 5.75 Å². The van der Waals surface area contributed by atoms with Crippen molar-refractivity contribution in [1.82, 2.24) is 10.4 Å². The van der Waals surface area contributed by atoms with Gasteiger partial charge in [-0.05, 0) is 43.7 Å². The number of rotatable bonds is 7. The zero-order valence-corrected chi connectivity index (χ0v) is 12.2. The molecule has 20 heavy (non-hydrogen) atoms. The Bertz CT molecular complexity index is 394. The highest BCUT2D eigenvalue weighted by molar-refractivity contribution is 5.26. The first-order valence-electron chi connectivity index (χ1n) is 7.49. The van der Waals surface area contributed by atoms with E-state index in [9.17, 15) is 0 Å². The maximum absolute atomic E-state index is 5.78. The predicted molar refractivity (Wildman–Crippen MR) is 78.3 cm³/mol. The molecule has 1 fully saturated rings. The van der Waals surface area contributed by atoms with Gasteiger partial charge in [0.05, 0.1) is 24.9 Å². The average Bonchev–Trinajstić information content (AvgIpc) is 2.52. The maximum atomic E-state index is 5.78. The summed E-state index contributed by atoms with van der Waals surface area (Å²) in [6, 6.07) is 2.06. The predicted octanol–water partition coefficient (Wildman–Crippen LogP) is 2.33. The van der Waals surface area contributed by atoms with Crippen molar-refractivity contribution in [2.24, 2.45) is 5.84 Å². The number of hydrazine groups is 1. The van der Waals surface area contributed by atoms with Gasteiger partial charge in [0.2, 0.25) is 0 Å². The van der Waals surface area contributed by atoms with E-state index in [2.05, 4.69) is 17.3 Å². The number of pyridine rings is 1. The Morgan fingerprint density at radius 3 is 3.10 bits per heavy atom. The summed E-state index contributed by atoms with van der Waals surface area (Å²) in [5, 5.41) is 0. The zero-order chi connectivity index (χ0) is 14.2. The van der Waals surface area contributed by atoms with Crippen LogP contribution < -0.4 is 16.0 Å². The van der Waals surface area contributed by atoms with Gasteiger partial charge in [-0.3, -0.25) is 16.3 Å². The molecule has 2 rings (SSSR count). The van der Waals surface area contributed by atoms with Crippen molar-refractivity contribution in [1.29, 1.82) is 0 Å². The molecule has 0 radical (unpaired) electrons. The molecule has 2 atom stereocenters. The molecular weight excluding hydrogens is 254 g/mol. The molecule has 0 saturated carbocycles. The average molecular weight is 279 g/mol. The summed E-state index contributed by atoms with van der Waals surface area (Å²) in [7, 11) is 0. The third kappa shape index (κ3) is 4.44. The largest absolute Gasteiger partial charge is 0.492 e. The van der Waals surface area contributed by atoms with Crippen LogP contribution in [0.3, 0.4) is 0 Å². The fourth-order valence-corrected chi connectivity index (χ4v) is 2.48. The highest BCUT2D eigenvalue weighted by Gasteiger charge is 2.20. The van der Waals surface area contributed by atoms with Crippen molar-refractivity contribution < 1.29 is 9.47 Å². The van der Waals surface area contributed by atoms with E-state index in [1.807, 2.05) is 12.3 Å². The first-order chi connectivity index (χ1) is 9.83. The van der Waals surface area contributed by atoms with Crippen LogP contribution in [0, 0.1) is 0 Å². The van der Waals surface area contributed by atoms with Crippen molar-refractivity contribution in [3.8, 4) is 5.75 Å². The van der Waals surface area contributed by atoms with E-state index in [1.165, 1.54) is 12.8 Å². The van der Waals surface area contributed by atoms with Gasteiger partial charge in [-0.25, -0.2) is 0 Å². The number of nitrogens with two attached hydrogens (primary N) is 1.